The molecule has 3 aromatic rings. The average Bonchev–Trinajstić information content (AvgIpc) is 2.93. The number of hydrogen-bond donors (Lipinski definition) is 1. The Morgan fingerprint density at radius 3 is 2.21 bits per heavy atom. The Bertz CT molecular complexity index is 1380. The van der Waals surface area contributed by atoms with Crippen LogP contribution in [0.4, 0.5) is 5.69 Å². The lowest BCUT2D eigenvalue weighted by molar-refractivity contribution is -0.140. The van der Waals surface area contributed by atoms with Crippen LogP contribution in [0.25, 0.3) is 0 Å². The first-order chi connectivity index (χ1) is 18.6. The van der Waals surface area contributed by atoms with Gasteiger partial charge < -0.3 is 15.0 Å². The van der Waals surface area contributed by atoms with Gasteiger partial charge in [-0.2, -0.15) is 0 Å². The maximum Gasteiger partial charge on any atom is 0.264 e. The van der Waals surface area contributed by atoms with Gasteiger partial charge in [0.2, 0.25) is 11.8 Å². The molecule has 0 saturated carbocycles. The Labute approximate surface area is 235 Å². The standard InChI is InChI=1S/C29H34ClN3O5S/c1-5-25(29(35)31-6-2)32(19-22-13-15-23(30)16-14-22)28(34)20-33(26-9-7-8-10-27(26)38-4)39(36,37)24-17-11-21(3)12-18-24/h7-18,25H,5-6,19-20H2,1-4H3,(H,31,35)/t25-/m1/s1. The zero-order valence-electron chi connectivity index (χ0n) is 22.6. The number of rotatable bonds is 12. The highest BCUT2D eigenvalue weighted by Gasteiger charge is 2.34. The molecule has 1 N–H and O–H groups in total. The number of hydrogen-bond acceptors (Lipinski definition) is 5. The van der Waals surface area contributed by atoms with Gasteiger partial charge in [-0.15, -0.1) is 0 Å². The number of nitrogens with zero attached hydrogens (tertiary/aromatic N) is 2. The first-order valence-corrected chi connectivity index (χ1v) is 14.5. The molecule has 0 bridgehead atoms. The van der Waals surface area contributed by atoms with Gasteiger partial charge >= 0.3 is 0 Å². The lowest BCUT2D eigenvalue weighted by atomic mass is 10.1. The second-order valence-corrected chi connectivity index (χ2v) is 11.3. The number of carbonyl (C=O) groups excluding carboxylic acids is 2. The van der Waals surface area contributed by atoms with Crippen molar-refractivity contribution in [1.29, 1.82) is 0 Å². The van der Waals surface area contributed by atoms with Gasteiger partial charge in [0.1, 0.15) is 18.3 Å². The predicted molar refractivity (Wildman–Crippen MR) is 153 cm³/mol. The van der Waals surface area contributed by atoms with Crippen LogP contribution in [0.15, 0.2) is 77.7 Å². The minimum Gasteiger partial charge on any atom is -0.495 e. The Balaban J connectivity index is 2.09. The van der Waals surface area contributed by atoms with Crippen molar-refractivity contribution in [2.75, 3.05) is 24.5 Å². The lowest BCUT2D eigenvalue weighted by Gasteiger charge is -2.33. The zero-order valence-corrected chi connectivity index (χ0v) is 24.1. The molecule has 0 heterocycles. The molecule has 10 heteroatoms. The Morgan fingerprint density at radius 2 is 1.62 bits per heavy atom. The van der Waals surface area contributed by atoms with Crippen molar-refractivity contribution >= 4 is 39.1 Å². The summed E-state index contributed by atoms with van der Waals surface area (Å²) < 4.78 is 34.4. The lowest BCUT2D eigenvalue weighted by Crippen LogP contribution is -2.52. The van der Waals surface area contributed by atoms with E-state index >= 15 is 0 Å². The molecule has 1 atom stereocenters. The molecule has 208 valence electrons. The third-order valence-electron chi connectivity index (χ3n) is 6.24. The molecule has 0 saturated heterocycles. The van der Waals surface area contributed by atoms with Crippen LogP contribution in [-0.4, -0.2) is 51.4 Å². The van der Waals surface area contributed by atoms with E-state index in [0.29, 0.717) is 23.7 Å². The fourth-order valence-electron chi connectivity index (χ4n) is 4.18. The van der Waals surface area contributed by atoms with Crippen LogP contribution in [0.2, 0.25) is 5.02 Å². The molecule has 39 heavy (non-hydrogen) atoms. The summed E-state index contributed by atoms with van der Waals surface area (Å²) in [5, 5.41) is 3.33. The van der Waals surface area contributed by atoms with Crippen LogP contribution in [0.1, 0.15) is 31.4 Å². The van der Waals surface area contributed by atoms with Crippen LogP contribution >= 0.6 is 11.6 Å². The molecule has 0 aliphatic heterocycles. The minimum absolute atomic E-state index is 0.0341. The van der Waals surface area contributed by atoms with E-state index in [2.05, 4.69) is 5.32 Å². The number of nitrogens with one attached hydrogen (secondary N) is 1. The molecule has 0 aliphatic rings. The second kappa shape index (κ2) is 13.5. The number of ether oxygens (including phenoxy) is 1. The maximum absolute atomic E-state index is 14.0. The summed E-state index contributed by atoms with van der Waals surface area (Å²) in [6, 6.07) is 19.2. The maximum atomic E-state index is 14.0. The molecule has 0 fully saturated rings. The van der Waals surface area contributed by atoms with Gasteiger partial charge in [-0.25, -0.2) is 8.42 Å². The van der Waals surface area contributed by atoms with E-state index in [-0.39, 0.29) is 23.0 Å². The molecule has 3 rings (SSSR count). The monoisotopic (exact) mass is 571 g/mol. The summed E-state index contributed by atoms with van der Waals surface area (Å²) in [5.74, 6) is -0.557. The number of sulfonamides is 1. The smallest absolute Gasteiger partial charge is 0.264 e. The van der Waals surface area contributed by atoms with Gasteiger partial charge in [0.25, 0.3) is 10.0 Å². The molecule has 3 aromatic carbocycles. The summed E-state index contributed by atoms with van der Waals surface area (Å²) in [6.07, 6.45) is 0.338. The van der Waals surface area contributed by atoms with E-state index in [1.165, 1.54) is 24.1 Å². The highest BCUT2D eigenvalue weighted by Crippen LogP contribution is 2.32. The topological polar surface area (TPSA) is 96.0 Å². The molecule has 0 aromatic heterocycles. The summed E-state index contributed by atoms with van der Waals surface area (Å²) >= 11 is 6.05. The average molecular weight is 572 g/mol. The molecule has 0 aliphatic carbocycles. The first-order valence-electron chi connectivity index (χ1n) is 12.7. The Kier molecular flexibility index (Phi) is 10.4. The normalized spacial score (nSPS) is 11.9. The van der Waals surface area contributed by atoms with Gasteiger partial charge in [0.15, 0.2) is 0 Å². The second-order valence-electron chi connectivity index (χ2n) is 8.96. The van der Waals surface area contributed by atoms with Crippen LogP contribution in [0.3, 0.4) is 0 Å². The number of amides is 2. The van der Waals surface area contributed by atoms with Crippen LogP contribution in [0.5, 0.6) is 5.75 Å². The predicted octanol–water partition coefficient (Wildman–Crippen LogP) is 4.80. The van der Waals surface area contributed by atoms with E-state index in [0.717, 1.165) is 15.4 Å². The number of aryl methyl sites for hydroxylation is 1. The molecular formula is C29H34ClN3O5S. The first kappa shape index (κ1) is 30.0. The third-order valence-corrected chi connectivity index (χ3v) is 8.27. The van der Waals surface area contributed by atoms with E-state index in [9.17, 15) is 18.0 Å². The van der Waals surface area contributed by atoms with E-state index in [1.54, 1.807) is 67.6 Å². The van der Waals surface area contributed by atoms with Gasteiger partial charge in [0.05, 0.1) is 17.7 Å². The third kappa shape index (κ3) is 7.30. The highest BCUT2D eigenvalue weighted by molar-refractivity contribution is 7.92. The summed E-state index contributed by atoms with van der Waals surface area (Å²) in [4.78, 5) is 28.5. The van der Waals surface area contributed by atoms with Crippen LogP contribution in [0, 0.1) is 6.92 Å². The number of para-hydroxylation sites is 2. The zero-order chi connectivity index (χ0) is 28.6. The van der Waals surface area contributed by atoms with Crippen molar-refractivity contribution in [1.82, 2.24) is 10.2 Å². The minimum atomic E-state index is -4.19. The van der Waals surface area contributed by atoms with Crippen molar-refractivity contribution in [2.45, 2.75) is 44.7 Å². The molecule has 0 radical (unpaired) electrons. The van der Waals surface area contributed by atoms with Crippen molar-refractivity contribution in [3.8, 4) is 5.75 Å². The van der Waals surface area contributed by atoms with Crippen molar-refractivity contribution in [3.63, 3.8) is 0 Å². The fraction of sp³-hybridized carbons (Fsp3) is 0.310. The van der Waals surface area contributed by atoms with Gasteiger partial charge in [-0.3, -0.25) is 13.9 Å². The molecular weight excluding hydrogens is 538 g/mol. The number of methoxy groups -OCH3 is 1. The molecule has 2 amide bonds. The Morgan fingerprint density at radius 1 is 0.974 bits per heavy atom. The number of carbonyl (C=O) groups is 2. The fourth-order valence-corrected chi connectivity index (χ4v) is 5.74. The Hall–Kier alpha value is -3.56. The van der Waals surface area contributed by atoms with Gasteiger partial charge in [-0.1, -0.05) is 60.5 Å². The number of anilines is 1. The van der Waals surface area contributed by atoms with Crippen molar-refractivity contribution in [3.05, 3.63) is 88.9 Å². The van der Waals surface area contributed by atoms with E-state index in [4.69, 9.17) is 16.3 Å². The highest BCUT2D eigenvalue weighted by atomic mass is 35.5. The summed E-state index contributed by atoms with van der Waals surface area (Å²) in [5.41, 5.74) is 1.86. The van der Waals surface area contributed by atoms with Crippen molar-refractivity contribution < 1.29 is 22.7 Å². The van der Waals surface area contributed by atoms with Crippen LogP contribution in [-0.2, 0) is 26.2 Å². The van der Waals surface area contributed by atoms with E-state index in [1.807, 2.05) is 13.8 Å². The van der Waals surface area contributed by atoms with E-state index < -0.39 is 28.5 Å². The summed E-state index contributed by atoms with van der Waals surface area (Å²) in [7, 11) is -2.75. The quantitative estimate of drug-likeness (QED) is 0.337. The number of likely N-dealkylation sites (N-methyl/N-ethyl adjacent to an activating group) is 1. The molecule has 0 unspecified atom stereocenters. The summed E-state index contributed by atoms with van der Waals surface area (Å²) in [6.45, 7) is 5.42. The molecule has 8 nitrogen and oxygen atoms in total. The SMILES string of the molecule is CCNC(=O)[C@@H](CC)N(Cc1ccc(Cl)cc1)C(=O)CN(c1ccccc1OC)S(=O)(=O)c1ccc(C)cc1. The number of halogens is 1. The van der Waals surface area contributed by atoms with Crippen LogP contribution < -0.4 is 14.4 Å². The van der Waals surface area contributed by atoms with Crippen molar-refractivity contribution in [2.24, 2.45) is 0 Å². The molecule has 0 spiro atoms. The number of benzene rings is 3. The van der Waals surface area contributed by atoms with Gasteiger partial charge in [0, 0.05) is 18.1 Å². The largest absolute Gasteiger partial charge is 0.495 e. The van der Waals surface area contributed by atoms with Gasteiger partial charge in [-0.05, 0) is 62.2 Å².